The van der Waals surface area contributed by atoms with Crippen molar-refractivity contribution in [3.8, 4) is 0 Å². The number of aromatic nitrogens is 2. The number of aryl methyl sites for hydroxylation is 2. The summed E-state index contributed by atoms with van der Waals surface area (Å²) in [5.74, 6) is -0.0371. The standard InChI is InChI=1S/C21H24N4O/c1-14-7-8-19-18(12-14)20(15(2)16(3)25-19)21(26)24-11-5-10-23-17-6-4-9-22-13-17/h4,6-9,12-13,23H,5,10-11H2,1-3H3,(H,24,26). The zero-order chi connectivity index (χ0) is 18.5. The molecule has 0 unspecified atom stereocenters. The van der Waals surface area contributed by atoms with E-state index in [4.69, 9.17) is 0 Å². The van der Waals surface area contributed by atoms with Crippen LogP contribution in [-0.2, 0) is 0 Å². The molecule has 5 heteroatoms. The van der Waals surface area contributed by atoms with Crippen LogP contribution >= 0.6 is 0 Å². The number of nitrogens with one attached hydrogen (secondary N) is 2. The predicted octanol–water partition coefficient (Wildman–Crippen LogP) is 3.79. The summed E-state index contributed by atoms with van der Waals surface area (Å²) in [6, 6.07) is 9.91. The molecule has 0 saturated carbocycles. The van der Waals surface area contributed by atoms with Crippen molar-refractivity contribution < 1.29 is 4.79 Å². The van der Waals surface area contributed by atoms with Crippen molar-refractivity contribution in [2.45, 2.75) is 27.2 Å². The first kappa shape index (κ1) is 17.9. The smallest absolute Gasteiger partial charge is 0.252 e. The molecule has 5 nitrogen and oxygen atoms in total. The second-order valence-electron chi connectivity index (χ2n) is 6.50. The van der Waals surface area contributed by atoms with E-state index in [-0.39, 0.29) is 5.91 Å². The molecule has 134 valence electrons. The highest BCUT2D eigenvalue weighted by molar-refractivity contribution is 6.07. The lowest BCUT2D eigenvalue weighted by molar-refractivity contribution is 0.0954. The van der Waals surface area contributed by atoms with E-state index in [1.807, 2.05) is 51.1 Å². The van der Waals surface area contributed by atoms with Gasteiger partial charge in [-0.2, -0.15) is 0 Å². The van der Waals surface area contributed by atoms with Crippen LogP contribution in [-0.4, -0.2) is 29.0 Å². The van der Waals surface area contributed by atoms with E-state index < -0.39 is 0 Å². The summed E-state index contributed by atoms with van der Waals surface area (Å²) in [6.07, 6.45) is 4.37. The van der Waals surface area contributed by atoms with Crippen molar-refractivity contribution >= 4 is 22.5 Å². The normalized spacial score (nSPS) is 10.7. The van der Waals surface area contributed by atoms with Gasteiger partial charge in [-0.1, -0.05) is 11.6 Å². The van der Waals surface area contributed by atoms with E-state index >= 15 is 0 Å². The monoisotopic (exact) mass is 348 g/mol. The lowest BCUT2D eigenvalue weighted by Crippen LogP contribution is -2.27. The number of amides is 1. The topological polar surface area (TPSA) is 66.9 Å². The Morgan fingerprint density at radius 3 is 2.73 bits per heavy atom. The first-order valence-electron chi connectivity index (χ1n) is 8.86. The number of fused-ring (bicyclic) bond motifs is 1. The summed E-state index contributed by atoms with van der Waals surface area (Å²) >= 11 is 0. The van der Waals surface area contributed by atoms with Crippen molar-refractivity contribution in [1.82, 2.24) is 15.3 Å². The van der Waals surface area contributed by atoms with Crippen molar-refractivity contribution in [2.24, 2.45) is 0 Å². The molecular weight excluding hydrogens is 324 g/mol. The lowest BCUT2D eigenvalue weighted by Gasteiger charge is -2.13. The van der Waals surface area contributed by atoms with Gasteiger partial charge in [0.1, 0.15) is 0 Å². The van der Waals surface area contributed by atoms with Crippen LogP contribution in [0.15, 0.2) is 42.7 Å². The molecule has 3 aromatic rings. The fourth-order valence-electron chi connectivity index (χ4n) is 2.97. The largest absolute Gasteiger partial charge is 0.384 e. The number of rotatable bonds is 6. The number of benzene rings is 1. The summed E-state index contributed by atoms with van der Waals surface area (Å²) < 4.78 is 0. The predicted molar refractivity (Wildman–Crippen MR) is 106 cm³/mol. The van der Waals surface area contributed by atoms with Gasteiger partial charge in [-0.15, -0.1) is 0 Å². The molecule has 0 atom stereocenters. The minimum Gasteiger partial charge on any atom is -0.384 e. The molecule has 26 heavy (non-hydrogen) atoms. The van der Waals surface area contributed by atoms with E-state index in [1.54, 1.807) is 12.4 Å². The Kier molecular flexibility index (Phi) is 5.46. The van der Waals surface area contributed by atoms with E-state index in [1.165, 1.54) is 0 Å². The molecule has 2 heterocycles. The highest BCUT2D eigenvalue weighted by atomic mass is 16.1. The third-order valence-electron chi connectivity index (χ3n) is 4.48. The minimum atomic E-state index is -0.0371. The first-order chi connectivity index (χ1) is 12.6. The zero-order valence-corrected chi connectivity index (χ0v) is 15.5. The zero-order valence-electron chi connectivity index (χ0n) is 15.5. The summed E-state index contributed by atoms with van der Waals surface area (Å²) in [5.41, 5.74) is 5.54. The van der Waals surface area contributed by atoms with Crippen LogP contribution in [0.1, 0.15) is 33.6 Å². The van der Waals surface area contributed by atoms with E-state index in [0.29, 0.717) is 6.54 Å². The van der Waals surface area contributed by atoms with Crippen molar-refractivity contribution in [3.05, 3.63) is 65.1 Å². The molecule has 0 spiro atoms. The average Bonchev–Trinajstić information content (AvgIpc) is 2.63. The lowest BCUT2D eigenvalue weighted by atomic mass is 9.99. The van der Waals surface area contributed by atoms with Crippen LogP contribution in [0.4, 0.5) is 5.69 Å². The average molecular weight is 348 g/mol. The molecule has 0 fully saturated rings. The van der Waals surface area contributed by atoms with Crippen LogP contribution in [0.3, 0.4) is 0 Å². The number of pyridine rings is 2. The molecule has 0 saturated heterocycles. The number of hydrogen-bond acceptors (Lipinski definition) is 4. The Hall–Kier alpha value is -2.95. The van der Waals surface area contributed by atoms with Crippen LogP contribution in [0, 0.1) is 20.8 Å². The van der Waals surface area contributed by atoms with Gasteiger partial charge in [0.15, 0.2) is 0 Å². The van der Waals surface area contributed by atoms with Crippen LogP contribution in [0.2, 0.25) is 0 Å². The van der Waals surface area contributed by atoms with E-state index in [9.17, 15) is 4.79 Å². The fraction of sp³-hybridized carbons (Fsp3) is 0.286. The molecule has 2 aromatic heterocycles. The van der Waals surface area contributed by atoms with Crippen molar-refractivity contribution in [2.75, 3.05) is 18.4 Å². The van der Waals surface area contributed by atoms with Gasteiger partial charge in [-0.05, 0) is 57.0 Å². The molecule has 0 radical (unpaired) electrons. The molecular formula is C21H24N4O. The number of nitrogens with zero attached hydrogens (tertiary/aromatic N) is 2. The van der Waals surface area contributed by atoms with Gasteiger partial charge >= 0.3 is 0 Å². The fourth-order valence-corrected chi connectivity index (χ4v) is 2.97. The first-order valence-corrected chi connectivity index (χ1v) is 8.86. The highest BCUT2D eigenvalue weighted by Gasteiger charge is 2.16. The number of anilines is 1. The van der Waals surface area contributed by atoms with Gasteiger partial charge in [0, 0.05) is 36.6 Å². The summed E-state index contributed by atoms with van der Waals surface area (Å²) in [7, 11) is 0. The van der Waals surface area contributed by atoms with Gasteiger partial charge in [-0.3, -0.25) is 14.8 Å². The van der Waals surface area contributed by atoms with E-state index in [2.05, 4.69) is 20.6 Å². The van der Waals surface area contributed by atoms with Crippen LogP contribution in [0.5, 0.6) is 0 Å². The van der Waals surface area contributed by atoms with E-state index in [0.717, 1.165) is 51.9 Å². The second-order valence-corrected chi connectivity index (χ2v) is 6.50. The maximum atomic E-state index is 12.8. The molecule has 3 rings (SSSR count). The Labute approximate surface area is 153 Å². The Morgan fingerprint density at radius 1 is 1.12 bits per heavy atom. The van der Waals surface area contributed by atoms with Crippen molar-refractivity contribution in [3.63, 3.8) is 0 Å². The van der Waals surface area contributed by atoms with Crippen LogP contribution in [0.25, 0.3) is 10.9 Å². The van der Waals surface area contributed by atoms with Gasteiger partial charge in [0.2, 0.25) is 0 Å². The molecule has 2 N–H and O–H groups in total. The number of hydrogen-bond donors (Lipinski definition) is 2. The molecule has 1 amide bonds. The third-order valence-corrected chi connectivity index (χ3v) is 4.48. The second kappa shape index (κ2) is 7.95. The van der Waals surface area contributed by atoms with Crippen LogP contribution < -0.4 is 10.6 Å². The van der Waals surface area contributed by atoms with Gasteiger partial charge in [-0.25, -0.2) is 0 Å². The van der Waals surface area contributed by atoms with Gasteiger partial charge in [0.25, 0.3) is 5.91 Å². The SMILES string of the molecule is Cc1ccc2nc(C)c(C)c(C(=O)NCCCNc3cccnc3)c2c1. The van der Waals surface area contributed by atoms with Gasteiger partial charge < -0.3 is 10.6 Å². The third kappa shape index (κ3) is 3.99. The molecule has 0 aliphatic heterocycles. The summed E-state index contributed by atoms with van der Waals surface area (Å²) in [6.45, 7) is 7.33. The Bertz CT molecular complexity index is 922. The molecule has 0 aliphatic rings. The molecule has 1 aromatic carbocycles. The van der Waals surface area contributed by atoms with Gasteiger partial charge in [0.05, 0.1) is 16.8 Å². The Morgan fingerprint density at radius 2 is 1.96 bits per heavy atom. The highest BCUT2D eigenvalue weighted by Crippen LogP contribution is 2.24. The summed E-state index contributed by atoms with van der Waals surface area (Å²) in [5, 5.41) is 7.25. The minimum absolute atomic E-state index is 0.0371. The molecule has 0 aliphatic carbocycles. The number of carbonyl (C=O) groups excluding carboxylic acids is 1. The maximum Gasteiger partial charge on any atom is 0.252 e. The number of carbonyl (C=O) groups is 1. The molecule has 0 bridgehead atoms. The quantitative estimate of drug-likeness (QED) is 0.665. The van der Waals surface area contributed by atoms with Crippen molar-refractivity contribution in [1.29, 1.82) is 0 Å². The Balaban J connectivity index is 1.66. The maximum absolute atomic E-state index is 12.8. The summed E-state index contributed by atoms with van der Waals surface area (Å²) in [4.78, 5) is 21.5.